The molecule has 7 heteroatoms. The van der Waals surface area contributed by atoms with E-state index in [9.17, 15) is 14.7 Å². The molecule has 2 fully saturated rings. The van der Waals surface area contributed by atoms with Crippen LogP contribution in [0.25, 0.3) is 0 Å². The molecular weight excluding hydrogens is 378 g/mol. The number of allylic oxidation sites excluding steroid dienone is 3. The molecule has 0 aliphatic carbocycles. The standard InChI is InChI=1S/C21H31NO5S/c1-13-6-4-5-7-14(2)15(3)19(23)26-17-10-16(9-8-13)27-21(25,11-17)18-12-28-20(24)22-18/h4,6,13,16-18,25H,5,7-12H2,1-3H3,(H,22,24)/b6-4-,15-14-/t13?,16-,17?,18?,21?/m1/s1. The van der Waals surface area contributed by atoms with Gasteiger partial charge in [0.05, 0.1) is 12.1 Å². The van der Waals surface area contributed by atoms with Gasteiger partial charge in [-0.3, -0.25) is 4.79 Å². The van der Waals surface area contributed by atoms with Gasteiger partial charge in [0.25, 0.3) is 5.24 Å². The zero-order valence-corrected chi connectivity index (χ0v) is 17.7. The maximum atomic E-state index is 12.6. The number of aliphatic hydroxyl groups is 1. The first-order valence-electron chi connectivity index (χ1n) is 10.1. The molecule has 4 unspecified atom stereocenters. The molecule has 0 aromatic carbocycles. The summed E-state index contributed by atoms with van der Waals surface area (Å²) in [7, 11) is 0. The van der Waals surface area contributed by atoms with Gasteiger partial charge in [0.2, 0.25) is 0 Å². The molecule has 2 bridgehead atoms. The van der Waals surface area contributed by atoms with E-state index >= 15 is 0 Å². The van der Waals surface area contributed by atoms with Crippen molar-refractivity contribution >= 4 is 23.0 Å². The smallest absolute Gasteiger partial charge is 0.333 e. The maximum Gasteiger partial charge on any atom is 0.333 e. The molecule has 3 heterocycles. The number of esters is 1. The molecule has 156 valence electrons. The van der Waals surface area contributed by atoms with Crippen LogP contribution in [-0.4, -0.2) is 46.1 Å². The second-order valence-corrected chi connectivity index (χ2v) is 9.27. The van der Waals surface area contributed by atoms with Crippen molar-refractivity contribution in [3.8, 4) is 0 Å². The average molecular weight is 410 g/mol. The van der Waals surface area contributed by atoms with Gasteiger partial charge >= 0.3 is 5.97 Å². The summed E-state index contributed by atoms with van der Waals surface area (Å²) in [6, 6.07) is -0.497. The largest absolute Gasteiger partial charge is 0.459 e. The van der Waals surface area contributed by atoms with Gasteiger partial charge in [0, 0.05) is 24.2 Å². The Labute approximate surface area is 171 Å². The lowest BCUT2D eigenvalue weighted by atomic mass is 9.90. The highest BCUT2D eigenvalue weighted by atomic mass is 32.2. The van der Waals surface area contributed by atoms with Gasteiger partial charge in [-0.15, -0.1) is 0 Å². The topological polar surface area (TPSA) is 84.9 Å². The molecule has 3 aliphatic heterocycles. The van der Waals surface area contributed by atoms with Gasteiger partial charge in [-0.25, -0.2) is 4.79 Å². The molecule has 5 atom stereocenters. The van der Waals surface area contributed by atoms with E-state index in [1.165, 1.54) is 0 Å². The van der Waals surface area contributed by atoms with Crippen LogP contribution in [-0.2, 0) is 14.3 Å². The monoisotopic (exact) mass is 409 g/mol. The summed E-state index contributed by atoms with van der Waals surface area (Å²) in [5.74, 6) is -0.991. The second kappa shape index (κ2) is 9.01. The molecule has 2 N–H and O–H groups in total. The summed E-state index contributed by atoms with van der Waals surface area (Å²) in [6.07, 6.45) is 7.89. The highest BCUT2D eigenvalue weighted by Crippen LogP contribution is 2.37. The molecule has 28 heavy (non-hydrogen) atoms. The number of rotatable bonds is 1. The Morgan fingerprint density at radius 2 is 2.04 bits per heavy atom. The normalized spacial score (nSPS) is 41.7. The summed E-state index contributed by atoms with van der Waals surface area (Å²) < 4.78 is 11.9. The Kier molecular flexibility index (Phi) is 6.89. The molecule has 6 nitrogen and oxygen atoms in total. The quantitative estimate of drug-likeness (QED) is 0.507. The highest BCUT2D eigenvalue weighted by molar-refractivity contribution is 8.14. The van der Waals surface area contributed by atoms with Crippen molar-refractivity contribution in [2.24, 2.45) is 5.92 Å². The first-order valence-corrected chi connectivity index (χ1v) is 11.1. The summed E-state index contributed by atoms with van der Waals surface area (Å²) in [5, 5.41) is 13.8. The molecule has 3 rings (SSSR count). The number of ether oxygens (including phenoxy) is 2. The van der Waals surface area contributed by atoms with E-state index in [1.807, 2.05) is 6.92 Å². The van der Waals surface area contributed by atoms with Crippen molar-refractivity contribution in [2.75, 3.05) is 5.75 Å². The predicted molar refractivity (Wildman–Crippen MR) is 109 cm³/mol. The summed E-state index contributed by atoms with van der Waals surface area (Å²) in [4.78, 5) is 24.3. The third-order valence-corrected chi connectivity index (χ3v) is 6.83. The lowest BCUT2D eigenvalue weighted by molar-refractivity contribution is -0.283. The molecule has 0 aromatic rings. The van der Waals surface area contributed by atoms with Crippen molar-refractivity contribution in [1.29, 1.82) is 0 Å². The van der Waals surface area contributed by atoms with Crippen LogP contribution in [0.15, 0.2) is 23.3 Å². The SMILES string of the molecule is C/C1=C(\C)C(=O)OC2C[C@@H](CCC(C)/C=C\CC1)OC(O)(C1CSC(=O)N1)C2. The molecule has 0 aromatic heterocycles. The third kappa shape index (κ3) is 5.19. The Morgan fingerprint density at radius 1 is 1.25 bits per heavy atom. The molecule has 1 amide bonds. The van der Waals surface area contributed by atoms with E-state index in [0.717, 1.165) is 43.0 Å². The minimum absolute atomic E-state index is 0.159. The molecule has 0 saturated carbocycles. The van der Waals surface area contributed by atoms with Crippen LogP contribution >= 0.6 is 11.8 Å². The number of carbonyl (C=O) groups is 2. The predicted octanol–water partition coefficient (Wildman–Crippen LogP) is 3.69. The van der Waals surface area contributed by atoms with E-state index in [2.05, 4.69) is 24.4 Å². The van der Waals surface area contributed by atoms with Crippen LogP contribution < -0.4 is 5.32 Å². The fraction of sp³-hybridized carbons (Fsp3) is 0.714. The lowest BCUT2D eigenvalue weighted by Crippen LogP contribution is -2.58. The first kappa shape index (κ1) is 21.4. The van der Waals surface area contributed by atoms with E-state index < -0.39 is 17.9 Å². The Morgan fingerprint density at radius 3 is 2.75 bits per heavy atom. The maximum absolute atomic E-state index is 12.6. The summed E-state index contributed by atoms with van der Waals surface area (Å²) >= 11 is 1.14. The van der Waals surface area contributed by atoms with Gasteiger partial charge in [-0.1, -0.05) is 36.4 Å². The van der Waals surface area contributed by atoms with E-state index in [4.69, 9.17) is 9.47 Å². The molecule has 0 spiro atoms. The molecule has 3 aliphatic rings. The van der Waals surface area contributed by atoms with Crippen LogP contribution in [0.1, 0.15) is 59.3 Å². The number of carbonyl (C=O) groups excluding carboxylic acids is 2. The zero-order valence-electron chi connectivity index (χ0n) is 16.9. The highest BCUT2D eigenvalue weighted by Gasteiger charge is 2.49. The Bertz CT molecular complexity index is 676. The van der Waals surface area contributed by atoms with Crippen molar-refractivity contribution in [3.63, 3.8) is 0 Å². The number of hydrogen-bond acceptors (Lipinski definition) is 6. The van der Waals surface area contributed by atoms with Gasteiger partial charge in [-0.2, -0.15) is 0 Å². The van der Waals surface area contributed by atoms with Crippen molar-refractivity contribution in [1.82, 2.24) is 5.32 Å². The van der Waals surface area contributed by atoms with Crippen LogP contribution in [0.5, 0.6) is 0 Å². The van der Waals surface area contributed by atoms with E-state index in [1.54, 1.807) is 6.92 Å². The minimum atomic E-state index is -1.52. The fourth-order valence-corrected chi connectivity index (χ4v) is 4.87. The summed E-state index contributed by atoms with van der Waals surface area (Å²) in [5.41, 5.74) is 1.66. The van der Waals surface area contributed by atoms with Crippen LogP contribution in [0.4, 0.5) is 4.79 Å². The van der Waals surface area contributed by atoms with Crippen molar-refractivity contribution in [2.45, 2.75) is 83.3 Å². The number of thioether (sulfide) groups is 1. The second-order valence-electron chi connectivity index (χ2n) is 8.27. The van der Waals surface area contributed by atoms with Gasteiger partial charge in [0.1, 0.15) is 6.10 Å². The van der Waals surface area contributed by atoms with Crippen molar-refractivity contribution in [3.05, 3.63) is 23.3 Å². The van der Waals surface area contributed by atoms with Crippen LogP contribution in [0.2, 0.25) is 0 Å². The van der Waals surface area contributed by atoms with Crippen LogP contribution in [0, 0.1) is 5.92 Å². The minimum Gasteiger partial charge on any atom is -0.459 e. The van der Waals surface area contributed by atoms with Gasteiger partial charge in [-0.05, 0) is 45.4 Å². The number of nitrogens with one attached hydrogen (secondary N) is 1. The summed E-state index contributed by atoms with van der Waals surface area (Å²) in [6.45, 7) is 5.94. The molecule has 2 saturated heterocycles. The average Bonchev–Trinajstić information content (AvgIpc) is 3.09. The number of fused-ring (bicyclic) bond motifs is 2. The zero-order chi connectivity index (χ0) is 20.3. The third-order valence-electron chi connectivity index (χ3n) is 5.95. The van der Waals surface area contributed by atoms with Gasteiger partial charge in [0.15, 0.2) is 5.79 Å². The Balaban J connectivity index is 1.82. The van der Waals surface area contributed by atoms with Gasteiger partial charge < -0.3 is 19.9 Å². The number of amides is 1. The van der Waals surface area contributed by atoms with Crippen molar-refractivity contribution < 1.29 is 24.2 Å². The molecular formula is C21H31NO5S. The van der Waals surface area contributed by atoms with E-state index in [0.29, 0.717) is 23.7 Å². The lowest BCUT2D eigenvalue weighted by Gasteiger charge is -2.43. The number of hydrogen-bond donors (Lipinski definition) is 2. The Hall–Kier alpha value is -1.31. The van der Waals surface area contributed by atoms with E-state index in [-0.39, 0.29) is 23.7 Å². The molecule has 0 radical (unpaired) electrons. The van der Waals surface area contributed by atoms with Crippen LogP contribution in [0.3, 0.4) is 0 Å². The fourth-order valence-electron chi connectivity index (χ4n) is 3.98. The first-order chi connectivity index (χ1) is 13.3.